The van der Waals surface area contributed by atoms with Gasteiger partial charge in [0.2, 0.25) is 5.91 Å². The minimum atomic E-state index is -0.212. The molecular formula is C19H22N4O3. The van der Waals surface area contributed by atoms with E-state index in [1.54, 1.807) is 19.1 Å². The highest BCUT2D eigenvalue weighted by atomic mass is 16.3. The predicted octanol–water partition coefficient (Wildman–Crippen LogP) is 3.20. The van der Waals surface area contributed by atoms with Crippen molar-refractivity contribution in [3.8, 4) is 17.0 Å². The van der Waals surface area contributed by atoms with Crippen LogP contribution in [0.4, 0.5) is 10.5 Å². The highest BCUT2D eigenvalue weighted by Crippen LogP contribution is 2.42. The second-order valence-electron chi connectivity index (χ2n) is 7.00. The van der Waals surface area contributed by atoms with Crippen LogP contribution >= 0.6 is 0 Å². The van der Waals surface area contributed by atoms with Crippen molar-refractivity contribution in [1.29, 1.82) is 0 Å². The van der Waals surface area contributed by atoms with Crippen LogP contribution in [-0.4, -0.2) is 32.9 Å². The Hall–Kier alpha value is -2.83. The fraction of sp³-hybridized carbons (Fsp3) is 0.421. The predicted molar refractivity (Wildman–Crippen MR) is 97.2 cm³/mol. The first-order chi connectivity index (χ1) is 12.5. The molecule has 0 saturated heterocycles. The third-order valence-corrected chi connectivity index (χ3v) is 4.71. The second kappa shape index (κ2) is 6.48. The van der Waals surface area contributed by atoms with Crippen molar-refractivity contribution in [1.82, 2.24) is 15.1 Å². The number of carbonyl (C=O) groups is 2. The van der Waals surface area contributed by atoms with Crippen LogP contribution in [0.2, 0.25) is 0 Å². The van der Waals surface area contributed by atoms with Crippen LogP contribution in [0.3, 0.4) is 0 Å². The lowest BCUT2D eigenvalue weighted by Gasteiger charge is -2.07. The van der Waals surface area contributed by atoms with Gasteiger partial charge in [0.15, 0.2) is 0 Å². The Balaban J connectivity index is 1.67. The second-order valence-corrected chi connectivity index (χ2v) is 7.00. The Morgan fingerprint density at radius 3 is 2.65 bits per heavy atom. The SMILES string of the molecule is CCC(=O)Nc1ccc(O)c(-c2cc(C3CC3)n(C(=O)NC3CC3)n2)c1. The molecule has 0 aliphatic heterocycles. The summed E-state index contributed by atoms with van der Waals surface area (Å²) < 4.78 is 1.43. The van der Waals surface area contributed by atoms with E-state index in [0.717, 1.165) is 31.4 Å². The molecule has 2 aliphatic carbocycles. The monoisotopic (exact) mass is 354 g/mol. The number of benzene rings is 1. The Morgan fingerprint density at radius 1 is 1.23 bits per heavy atom. The number of aromatic nitrogens is 2. The summed E-state index contributed by atoms with van der Waals surface area (Å²) in [6, 6.07) is 6.76. The number of amides is 2. The number of rotatable bonds is 5. The molecule has 0 unspecified atom stereocenters. The maximum absolute atomic E-state index is 12.5. The van der Waals surface area contributed by atoms with Crippen molar-refractivity contribution < 1.29 is 14.7 Å². The number of carbonyl (C=O) groups excluding carboxylic acids is 2. The van der Waals surface area contributed by atoms with Crippen molar-refractivity contribution in [3.05, 3.63) is 30.0 Å². The number of hydrogen-bond donors (Lipinski definition) is 3. The van der Waals surface area contributed by atoms with Crippen molar-refractivity contribution >= 4 is 17.6 Å². The Kier molecular flexibility index (Phi) is 4.14. The molecule has 4 rings (SSSR count). The van der Waals surface area contributed by atoms with Crippen LogP contribution in [-0.2, 0) is 4.79 Å². The fourth-order valence-electron chi connectivity index (χ4n) is 2.89. The maximum atomic E-state index is 12.5. The van der Waals surface area contributed by atoms with Gasteiger partial charge in [0, 0.05) is 29.6 Å². The minimum Gasteiger partial charge on any atom is -0.507 e. The van der Waals surface area contributed by atoms with Gasteiger partial charge < -0.3 is 15.7 Å². The van der Waals surface area contributed by atoms with E-state index in [2.05, 4.69) is 15.7 Å². The first-order valence-electron chi connectivity index (χ1n) is 9.09. The van der Waals surface area contributed by atoms with E-state index < -0.39 is 0 Å². The van der Waals surface area contributed by atoms with Gasteiger partial charge in [0.05, 0.1) is 11.4 Å². The molecule has 2 aliphatic rings. The van der Waals surface area contributed by atoms with E-state index in [1.165, 1.54) is 10.7 Å². The van der Waals surface area contributed by atoms with Gasteiger partial charge >= 0.3 is 6.03 Å². The number of hydrogen-bond acceptors (Lipinski definition) is 4. The standard InChI is InChI=1S/C19H22N4O3/c1-2-18(25)20-13-7-8-17(24)14(9-13)15-10-16(11-3-4-11)23(22-15)19(26)21-12-5-6-12/h7-12,24H,2-6H2,1H3,(H,20,25)(H,21,26). The summed E-state index contributed by atoms with van der Waals surface area (Å²) in [6.45, 7) is 1.78. The quantitative estimate of drug-likeness (QED) is 0.719. The number of phenols is 1. The summed E-state index contributed by atoms with van der Waals surface area (Å²) in [5.74, 6) is 0.301. The summed E-state index contributed by atoms with van der Waals surface area (Å²) in [5.41, 5.74) is 2.50. The molecule has 0 atom stereocenters. The van der Waals surface area contributed by atoms with E-state index >= 15 is 0 Å². The number of phenolic OH excluding ortho intramolecular Hbond substituents is 1. The lowest BCUT2D eigenvalue weighted by molar-refractivity contribution is -0.115. The number of nitrogens with zero attached hydrogens (tertiary/aromatic N) is 2. The third kappa shape index (κ3) is 3.42. The first kappa shape index (κ1) is 16.6. The Labute approximate surface area is 151 Å². The Bertz CT molecular complexity index is 866. The normalized spacial score (nSPS) is 16.3. The molecular weight excluding hydrogens is 332 g/mol. The highest BCUT2D eigenvalue weighted by Gasteiger charge is 2.32. The van der Waals surface area contributed by atoms with E-state index in [1.807, 2.05) is 6.07 Å². The summed E-state index contributed by atoms with van der Waals surface area (Å²) in [4.78, 5) is 24.1. The molecule has 7 heteroatoms. The fourth-order valence-corrected chi connectivity index (χ4v) is 2.89. The summed E-state index contributed by atoms with van der Waals surface area (Å²) in [6.07, 6.45) is 4.48. The van der Waals surface area contributed by atoms with Crippen LogP contribution in [0.25, 0.3) is 11.3 Å². The largest absolute Gasteiger partial charge is 0.507 e. The average Bonchev–Trinajstić information content (AvgIpc) is 3.56. The molecule has 1 aromatic heterocycles. The number of aromatic hydroxyl groups is 1. The summed E-state index contributed by atoms with van der Waals surface area (Å²) in [7, 11) is 0. The zero-order valence-corrected chi connectivity index (χ0v) is 14.7. The first-order valence-corrected chi connectivity index (χ1v) is 9.09. The van der Waals surface area contributed by atoms with Gasteiger partial charge in [-0.25, -0.2) is 4.79 Å². The van der Waals surface area contributed by atoms with Crippen LogP contribution < -0.4 is 10.6 Å². The van der Waals surface area contributed by atoms with Crippen LogP contribution in [0.15, 0.2) is 24.3 Å². The molecule has 26 heavy (non-hydrogen) atoms. The van der Waals surface area contributed by atoms with Crippen molar-refractivity contribution in [2.24, 2.45) is 0 Å². The summed E-state index contributed by atoms with van der Waals surface area (Å²) in [5, 5.41) is 20.5. The molecule has 7 nitrogen and oxygen atoms in total. The Morgan fingerprint density at radius 2 is 2.00 bits per heavy atom. The maximum Gasteiger partial charge on any atom is 0.342 e. The average molecular weight is 354 g/mol. The van der Waals surface area contributed by atoms with Crippen molar-refractivity contribution in [3.63, 3.8) is 0 Å². The zero-order valence-electron chi connectivity index (χ0n) is 14.7. The molecule has 2 aromatic rings. The lowest BCUT2D eigenvalue weighted by atomic mass is 10.1. The zero-order chi connectivity index (χ0) is 18.3. The van der Waals surface area contributed by atoms with Gasteiger partial charge in [-0.1, -0.05) is 6.92 Å². The molecule has 3 N–H and O–H groups in total. The van der Waals surface area contributed by atoms with Crippen molar-refractivity contribution in [2.75, 3.05) is 5.32 Å². The van der Waals surface area contributed by atoms with Crippen LogP contribution in [0.5, 0.6) is 5.75 Å². The molecule has 0 bridgehead atoms. The lowest BCUT2D eigenvalue weighted by Crippen LogP contribution is -2.32. The summed E-state index contributed by atoms with van der Waals surface area (Å²) >= 11 is 0. The van der Waals surface area contributed by atoms with Gasteiger partial charge in [-0.15, -0.1) is 0 Å². The molecule has 1 aromatic carbocycles. The molecule has 2 amide bonds. The molecule has 0 spiro atoms. The molecule has 2 fully saturated rings. The number of nitrogens with one attached hydrogen (secondary N) is 2. The number of anilines is 1. The van der Waals surface area contributed by atoms with Gasteiger partial charge in [-0.2, -0.15) is 9.78 Å². The molecule has 136 valence electrons. The van der Waals surface area contributed by atoms with Gasteiger partial charge in [0.25, 0.3) is 0 Å². The van der Waals surface area contributed by atoms with Gasteiger partial charge in [-0.05, 0) is 49.9 Å². The minimum absolute atomic E-state index is 0.0640. The molecule has 0 radical (unpaired) electrons. The highest BCUT2D eigenvalue weighted by molar-refractivity contribution is 5.91. The van der Waals surface area contributed by atoms with E-state index in [9.17, 15) is 14.7 Å². The van der Waals surface area contributed by atoms with Crippen LogP contribution in [0, 0.1) is 0 Å². The van der Waals surface area contributed by atoms with E-state index in [-0.39, 0.29) is 23.7 Å². The topological polar surface area (TPSA) is 96.2 Å². The van der Waals surface area contributed by atoms with Gasteiger partial charge in [-0.3, -0.25) is 4.79 Å². The third-order valence-electron chi connectivity index (χ3n) is 4.71. The van der Waals surface area contributed by atoms with Gasteiger partial charge in [0.1, 0.15) is 5.75 Å². The van der Waals surface area contributed by atoms with E-state index in [4.69, 9.17) is 0 Å². The smallest absolute Gasteiger partial charge is 0.342 e. The molecule has 2 saturated carbocycles. The van der Waals surface area contributed by atoms with E-state index in [0.29, 0.717) is 29.3 Å². The van der Waals surface area contributed by atoms with Crippen LogP contribution in [0.1, 0.15) is 50.6 Å². The molecule has 1 heterocycles. The van der Waals surface area contributed by atoms with Crippen molar-refractivity contribution in [2.45, 2.75) is 51.0 Å².